The number of hydrogen-bond acceptors (Lipinski definition) is 4. The first-order chi connectivity index (χ1) is 6.68. The fourth-order valence-corrected chi connectivity index (χ4v) is 1.87. The molecule has 80 valence electrons. The van der Waals surface area contributed by atoms with Crippen molar-refractivity contribution < 1.29 is 19.0 Å². The molecular formula is C10H16O4. The zero-order valence-corrected chi connectivity index (χ0v) is 8.62. The molecule has 2 rings (SSSR count). The average Bonchev–Trinajstić information content (AvgIpc) is 2.87. The highest BCUT2D eigenvalue weighted by Crippen LogP contribution is 2.44. The molecule has 0 aromatic heterocycles. The molecule has 0 aromatic rings. The molecule has 3 unspecified atom stereocenters. The van der Waals surface area contributed by atoms with Gasteiger partial charge in [-0.1, -0.05) is 0 Å². The Morgan fingerprint density at radius 2 is 2.43 bits per heavy atom. The summed E-state index contributed by atoms with van der Waals surface area (Å²) in [6.07, 6.45) is 1.76. The molecule has 1 spiro atoms. The standard InChI is InChI=1S/C10H16O4/c1-3-12-9(11)8-10(14-8)5-4-7(2)13-6-10/h7-8H,3-6H2,1-2H3. The number of hydrogen-bond donors (Lipinski definition) is 0. The number of carbonyl (C=O) groups is 1. The molecule has 14 heavy (non-hydrogen) atoms. The molecule has 0 bridgehead atoms. The summed E-state index contributed by atoms with van der Waals surface area (Å²) in [6, 6.07) is 0. The zero-order chi connectivity index (χ0) is 10.2. The number of rotatable bonds is 2. The Morgan fingerprint density at radius 1 is 1.64 bits per heavy atom. The van der Waals surface area contributed by atoms with Crippen LogP contribution in [0.5, 0.6) is 0 Å². The number of esters is 1. The summed E-state index contributed by atoms with van der Waals surface area (Å²) >= 11 is 0. The highest BCUT2D eigenvalue weighted by atomic mass is 16.7. The van der Waals surface area contributed by atoms with Crippen molar-refractivity contribution in [2.45, 2.75) is 44.5 Å². The lowest BCUT2D eigenvalue weighted by molar-refractivity contribution is -0.144. The smallest absolute Gasteiger partial charge is 0.338 e. The molecule has 2 saturated heterocycles. The van der Waals surface area contributed by atoms with Crippen LogP contribution in [0.15, 0.2) is 0 Å². The normalized spacial score (nSPS) is 41.0. The van der Waals surface area contributed by atoms with E-state index in [1.54, 1.807) is 6.92 Å². The lowest BCUT2D eigenvalue weighted by atomic mass is 9.95. The summed E-state index contributed by atoms with van der Waals surface area (Å²) in [4.78, 5) is 11.4. The van der Waals surface area contributed by atoms with Crippen molar-refractivity contribution in [2.24, 2.45) is 0 Å². The van der Waals surface area contributed by atoms with Gasteiger partial charge in [-0.05, 0) is 26.7 Å². The van der Waals surface area contributed by atoms with Crippen LogP contribution in [0.25, 0.3) is 0 Å². The predicted octanol–water partition coefficient (Wildman–Crippen LogP) is 0.886. The predicted molar refractivity (Wildman–Crippen MR) is 48.9 cm³/mol. The molecule has 0 aromatic carbocycles. The fraction of sp³-hybridized carbons (Fsp3) is 0.900. The Morgan fingerprint density at radius 3 is 3.00 bits per heavy atom. The van der Waals surface area contributed by atoms with Crippen LogP contribution in [0.2, 0.25) is 0 Å². The molecule has 0 N–H and O–H groups in total. The van der Waals surface area contributed by atoms with E-state index in [1.807, 2.05) is 6.92 Å². The van der Waals surface area contributed by atoms with E-state index in [2.05, 4.69) is 0 Å². The second-order valence-electron chi connectivity index (χ2n) is 3.98. The van der Waals surface area contributed by atoms with Crippen molar-refractivity contribution in [2.75, 3.05) is 13.2 Å². The average molecular weight is 200 g/mol. The third-order valence-electron chi connectivity index (χ3n) is 2.86. The van der Waals surface area contributed by atoms with Gasteiger partial charge in [-0.15, -0.1) is 0 Å². The summed E-state index contributed by atoms with van der Waals surface area (Å²) < 4.78 is 15.8. The van der Waals surface area contributed by atoms with E-state index in [9.17, 15) is 4.79 Å². The van der Waals surface area contributed by atoms with Crippen LogP contribution in [0, 0.1) is 0 Å². The maximum atomic E-state index is 11.4. The highest BCUT2D eigenvalue weighted by Gasteiger charge is 2.62. The summed E-state index contributed by atoms with van der Waals surface area (Å²) in [5.74, 6) is -0.245. The van der Waals surface area contributed by atoms with Gasteiger partial charge in [-0.25, -0.2) is 4.79 Å². The minimum Gasteiger partial charge on any atom is -0.464 e. The Hall–Kier alpha value is -0.610. The van der Waals surface area contributed by atoms with E-state index in [-0.39, 0.29) is 23.8 Å². The minimum absolute atomic E-state index is 0.245. The van der Waals surface area contributed by atoms with Crippen molar-refractivity contribution in [3.63, 3.8) is 0 Å². The topological polar surface area (TPSA) is 48.1 Å². The van der Waals surface area contributed by atoms with Gasteiger partial charge in [-0.2, -0.15) is 0 Å². The van der Waals surface area contributed by atoms with Crippen LogP contribution in [0.4, 0.5) is 0 Å². The van der Waals surface area contributed by atoms with Gasteiger partial charge in [0.05, 0.1) is 19.3 Å². The largest absolute Gasteiger partial charge is 0.464 e. The van der Waals surface area contributed by atoms with Crippen molar-refractivity contribution in [3.8, 4) is 0 Å². The molecule has 0 amide bonds. The lowest BCUT2D eigenvalue weighted by Gasteiger charge is -2.24. The van der Waals surface area contributed by atoms with Crippen LogP contribution >= 0.6 is 0 Å². The van der Waals surface area contributed by atoms with Gasteiger partial charge in [0.15, 0.2) is 6.10 Å². The van der Waals surface area contributed by atoms with E-state index in [1.165, 1.54) is 0 Å². The summed E-state index contributed by atoms with van der Waals surface area (Å²) in [6.45, 7) is 4.77. The third kappa shape index (κ3) is 1.64. The first kappa shape index (κ1) is 9.93. The van der Waals surface area contributed by atoms with Crippen molar-refractivity contribution in [1.82, 2.24) is 0 Å². The van der Waals surface area contributed by atoms with Crippen LogP contribution in [0.1, 0.15) is 26.7 Å². The van der Waals surface area contributed by atoms with E-state index < -0.39 is 0 Å². The molecule has 2 heterocycles. The van der Waals surface area contributed by atoms with Crippen molar-refractivity contribution >= 4 is 5.97 Å². The molecule has 4 heteroatoms. The van der Waals surface area contributed by atoms with Crippen LogP contribution in [-0.2, 0) is 19.0 Å². The molecule has 3 atom stereocenters. The molecule has 2 aliphatic rings. The lowest BCUT2D eigenvalue weighted by Crippen LogP contribution is -2.34. The van der Waals surface area contributed by atoms with Crippen LogP contribution < -0.4 is 0 Å². The summed E-state index contributed by atoms with van der Waals surface area (Å²) in [5.41, 5.74) is -0.348. The summed E-state index contributed by atoms with van der Waals surface area (Å²) in [5, 5.41) is 0. The third-order valence-corrected chi connectivity index (χ3v) is 2.86. The Kier molecular flexibility index (Phi) is 2.49. The highest BCUT2D eigenvalue weighted by molar-refractivity contribution is 5.79. The minimum atomic E-state index is -0.380. The van der Waals surface area contributed by atoms with Gasteiger partial charge in [0.25, 0.3) is 0 Å². The Bertz CT molecular complexity index is 230. The molecular weight excluding hydrogens is 184 g/mol. The van der Waals surface area contributed by atoms with Crippen molar-refractivity contribution in [3.05, 3.63) is 0 Å². The monoisotopic (exact) mass is 200 g/mol. The molecule has 2 aliphatic heterocycles. The summed E-state index contributed by atoms with van der Waals surface area (Å²) in [7, 11) is 0. The second-order valence-corrected chi connectivity index (χ2v) is 3.98. The molecule has 0 saturated carbocycles. The van der Waals surface area contributed by atoms with Gasteiger partial charge in [0, 0.05) is 0 Å². The Labute approximate surface area is 83.5 Å². The van der Waals surface area contributed by atoms with Crippen LogP contribution in [-0.4, -0.2) is 37.0 Å². The fourth-order valence-electron chi connectivity index (χ4n) is 1.87. The van der Waals surface area contributed by atoms with Gasteiger partial charge >= 0.3 is 5.97 Å². The van der Waals surface area contributed by atoms with E-state index in [0.717, 1.165) is 12.8 Å². The van der Waals surface area contributed by atoms with E-state index in [0.29, 0.717) is 13.2 Å². The SMILES string of the molecule is CCOC(=O)C1OC12CCC(C)OC2. The molecule has 4 nitrogen and oxygen atoms in total. The Balaban J connectivity index is 1.87. The second kappa shape index (κ2) is 3.51. The van der Waals surface area contributed by atoms with Crippen molar-refractivity contribution in [1.29, 1.82) is 0 Å². The molecule has 2 fully saturated rings. The molecule has 0 radical (unpaired) electrons. The van der Waals surface area contributed by atoms with Gasteiger partial charge in [0.2, 0.25) is 0 Å². The first-order valence-electron chi connectivity index (χ1n) is 5.14. The molecule has 0 aliphatic carbocycles. The first-order valence-corrected chi connectivity index (χ1v) is 5.14. The number of epoxide rings is 1. The van der Waals surface area contributed by atoms with Gasteiger partial charge in [0.1, 0.15) is 5.60 Å². The maximum absolute atomic E-state index is 11.4. The number of ether oxygens (including phenoxy) is 3. The zero-order valence-electron chi connectivity index (χ0n) is 8.62. The quantitative estimate of drug-likeness (QED) is 0.490. The van der Waals surface area contributed by atoms with Gasteiger partial charge in [-0.3, -0.25) is 0 Å². The number of carbonyl (C=O) groups excluding carboxylic acids is 1. The van der Waals surface area contributed by atoms with E-state index in [4.69, 9.17) is 14.2 Å². The maximum Gasteiger partial charge on any atom is 0.338 e. The van der Waals surface area contributed by atoms with Gasteiger partial charge < -0.3 is 14.2 Å². The van der Waals surface area contributed by atoms with E-state index >= 15 is 0 Å². The van der Waals surface area contributed by atoms with Crippen LogP contribution in [0.3, 0.4) is 0 Å².